The fourth-order valence-corrected chi connectivity index (χ4v) is 2.34. The van der Waals surface area contributed by atoms with Gasteiger partial charge in [0, 0.05) is 25.6 Å². The Morgan fingerprint density at radius 3 is 2.65 bits per heavy atom. The Kier molecular flexibility index (Phi) is 3.43. The monoisotopic (exact) mass is 267 g/mol. The molecule has 1 aromatic carbocycles. The smallest absolute Gasteiger partial charge is 0.0890 e. The van der Waals surface area contributed by atoms with Crippen molar-refractivity contribution in [2.24, 2.45) is 7.05 Å². The molecular formula is C15H17N5. The summed E-state index contributed by atoms with van der Waals surface area (Å²) >= 11 is 0. The molecule has 0 spiro atoms. The van der Waals surface area contributed by atoms with Crippen molar-refractivity contribution in [3.63, 3.8) is 0 Å². The van der Waals surface area contributed by atoms with Crippen molar-refractivity contribution in [3.05, 3.63) is 54.1 Å². The maximum absolute atomic E-state index is 4.50. The average Bonchev–Trinajstić information content (AvgIpc) is 2.90. The summed E-state index contributed by atoms with van der Waals surface area (Å²) in [4.78, 5) is 8.67. The lowest BCUT2D eigenvalue weighted by atomic mass is 10.0. The summed E-state index contributed by atoms with van der Waals surface area (Å²) in [5, 5.41) is 7.97. The van der Waals surface area contributed by atoms with Crippen molar-refractivity contribution in [1.29, 1.82) is 0 Å². The Balaban J connectivity index is 2.04. The molecule has 2 heterocycles. The van der Waals surface area contributed by atoms with Crippen molar-refractivity contribution < 1.29 is 0 Å². The Morgan fingerprint density at radius 1 is 1.15 bits per heavy atom. The van der Waals surface area contributed by atoms with Crippen LogP contribution < -0.4 is 5.32 Å². The minimum absolute atomic E-state index is 0.0765. The highest BCUT2D eigenvalue weighted by Crippen LogP contribution is 2.22. The first-order chi connectivity index (χ1) is 9.78. The topological polar surface area (TPSA) is 55.6 Å². The van der Waals surface area contributed by atoms with Gasteiger partial charge in [0.2, 0.25) is 0 Å². The Labute approximate surface area is 117 Å². The minimum Gasteiger partial charge on any atom is -0.305 e. The molecule has 0 radical (unpaired) electrons. The Hall–Kier alpha value is -2.27. The molecule has 5 heteroatoms. The molecule has 1 atom stereocenters. The first-order valence-electron chi connectivity index (χ1n) is 6.71. The van der Waals surface area contributed by atoms with Crippen LogP contribution in [0.1, 0.15) is 24.2 Å². The van der Waals surface area contributed by atoms with Crippen LogP contribution >= 0.6 is 0 Å². The lowest BCUT2D eigenvalue weighted by molar-refractivity contribution is 0.600. The van der Waals surface area contributed by atoms with E-state index in [1.54, 1.807) is 12.4 Å². The van der Waals surface area contributed by atoms with Crippen molar-refractivity contribution in [1.82, 2.24) is 25.1 Å². The van der Waals surface area contributed by atoms with Gasteiger partial charge in [0.25, 0.3) is 0 Å². The van der Waals surface area contributed by atoms with Crippen LogP contribution in [0.2, 0.25) is 0 Å². The lowest BCUT2D eigenvalue weighted by Crippen LogP contribution is -2.22. The van der Waals surface area contributed by atoms with Crippen molar-refractivity contribution in [2.75, 3.05) is 6.54 Å². The summed E-state index contributed by atoms with van der Waals surface area (Å²) < 4.78 is 1.82. The molecule has 1 N–H and O–H groups in total. The third-order valence-corrected chi connectivity index (χ3v) is 3.26. The zero-order valence-electron chi connectivity index (χ0n) is 11.6. The van der Waals surface area contributed by atoms with E-state index >= 15 is 0 Å². The van der Waals surface area contributed by atoms with Gasteiger partial charge >= 0.3 is 0 Å². The number of fused-ring (bicyclic) bond motifs is 1. The van der Waals surface area contributed by atoms with Gasteiger partial charge in [-0.05, 0) is 30.3 Å². The zero-order valence-corrected chi connectivity index (χ0v) is 11.6. The van der Waals surface area contributed by atoms with E-state index in [9.17, 15) is 0 Å². The van der Waals surface area contributed by atoms with Gasteiger partial charge in [-0.2, -0.15) is 5.10 Å². The van der Waals surface area contributed by atoms with E-state index in [-0.39, 0.29) is 6.04 Å². The first-order valence-corrected chi connectivity index (χ1v) is 6.71. The van der Waals surface area contributed by atoms with Crippen LogP contribution in [-0.2, 0) is 7.05 Å². The van der Waals surface area contributed by atoms with Gasteiger partial charge in [-0.25, -0.2) is 0 Å². The summed E-state index contributed by atoms with van der Waals surface area (Å²) in [7, 11) is 1.93. The van der Waals surface area contributed by atoms with E-state index in [1.807, 2.05) is 30.1 Å². The van der Waals surface area contributed by atoms with E-state index in [1.165, 1.54) is 0 Å². The second kappa shape index (κ2) is 5.38. The SMILES string of the molecule is CCNC(c1ccc2nccnc2c1)c1ccn(C)n1. The molecule has 3 aromatic rings. The molecule has 5 nitrogen and oxygen atoms in total. The van der Waals surface area contributed by atoms with E-state index in [4.69, 9.17) is 0 Å². The van der Waals surface area contributed by atoms with E-state index in [0.29, 0.717) is 0 Å². The molecule has 0 aliphatic rings. The van der Waals surface area contributed by atoms with Gasteiger partial charge < -0.3 is 5.32 Å². The summed E-state index contributed by atoms with van der Waals surface area (Å²) in [6.07, 6.45) is 5.39. The van der Waals surface area contributed by atoms with Crippen LogP contribution in [0.4, 0.5) is 0 Å². The molecule has 0 fully saturated rings. The Morgan fingerprint density at radius 2 is 1.95 bits per heavy atom. The number of benzene rings is 1. The largest absolute Gasteiger partial charge is 0.305 e. The molecular weight excluding hydrogens is 250 g/mol. The third-order valence-electron chi connectivity index (χ3n) is 3.26. The molecule has 0 saturated heterocycles. The molecule has 1 unspecified atom stereocenters. The quantitative estimate of drug-likeness (QED) is 0.786. The molecule has 0 bridgehead atoms. The normalized spacial score (nSPS) is 12.7. The summed E-state index contributed by atoms with van der Waals surface area (Å²) in [5.41, 5.74) is 3.98. The van der Waals surface area contributed by atoms with Crippen LogP contribution in [0.3, 0.4) is 0 Å². The fourth-order valence-electron chi connectivity index (χ4n) is 2.34. The number of hydrogen-bond donors (Lipinski definition) is 1. The average molecular weight is 267 g/mol. The van der Waals surface area contributed by atoms with Gasteiger partial charge in [0.05, 0.1) is 22.8 Å². The van der Waals surface area contributed by atoms with E-state index in [0.717, 1.165) is 28.8 Å². The molecule has 20 heavy (non-hydrogen) atoms. The maximum atomic E-state index is 4.50. The van der Waals surface area contributed by atoms with Crippen LogP contribution in [0.15, 0.2) is 42.9 Å². The van der Waals surface area contributed by atoms with Gasteiger partial charge in [-0.1, -0.05) is 13.0 Å². The molecule has 2 aromatic heterocycles. The highest BCUT2D eigenvalue weighted by molar-refractivity contribution is 5.74. The van der Waals surface area contributed by atoms with E-state index in [2.05, 4.69) is 39.4 Å². The number of aryl methyl sites for hydroxylation is 1. The van der Waals surface area contributed by atoms with Crippen LogP contribution in [0.25, 0.3) is 11.0 Å². The van der Waals surface area contributed by atoms with E-state index < -0.39 is 0 Å². The molecule has 0 amide bonds. The van der Waals surface area contributed by atoms with Gasteiger partial charge in [-0.15, -0.1) is 0 Å². The molecule has 3 rings (SSSR count). The van der Waals surface area contributed by atoms with Crippen molar-refractivity contribution in [3.8, 4) is 0 Å². The summed E-state index contributed by atoms with van der Waals surface area (Å²) in [6, 6.07) is 8.27. The predicted molar refractivity (Wildman–Crippen MR) is 78.3 cm³/mol. The molecule has 0 aliphatic carbocycles. The van der Waals surface area contributed by atoms with Gasteiger partial charge in [-0.3, -0.25) is 14.6 Å². The van der Waals surface area contributed by atoms with Crippen molar-refractivity contribution in [2.45, 2.75) is 13.0 Å². The molecule has 102 valence electrons. The highest BCUT2D eigenvalue weighted by Gasteiger charge is 2.16. The minimum atomic E-state index is 0.0765. The number of rotatable bonds is 4. The predicted octanol–water partition coefficient (Wildman–Crippen LogP) is 2.06. The second-order valence-corrected chi connectivity index (χ2v) is 4.71. The second-order valence-electron chi connectivity index (χ2n) is 4.71. The number of nitrogens with one attached hydrogen (secondary N) is 1. The zero-order chi connectivity index (χ0) is 13.9. The Bertz CT molecular complexity index is 719. The van der Waals surface area contributed by atoms with Gasteiger partial charge in [0.15, 0.2) is 0 Å². The lowest BCUT2D eigenvalue weighted by Gasteiger charge is -2.16. The number of aromatic nitrogens is 4. The maximum Gasteiger partial charge on any atom is 0.0890 e. The molecule has 0 aliphatic heterocycles. The fraction of sp³-hybridized carbons (Fsp3) is 0.267. The standard InChI is InChI=1S/C15H17N5/c1-3-16-15(13-6-9-20(2)19-13)11-4-5-12-14(10-11)18-8-7-17-12/h4-10,15-16H,3H2,1-2H3. The summed E-state index contributed by atoms with van der Waals surface area (Å²) in [6.45, 7) is 2.97. The third kappa shape index (κ3) is 2.40. The first kappa shape index (κ1) is 12.7. The van der Waals surface area contributed by atoms with Crippen LogP contribution in [0, 0.1) is 0 Å². The van der Waals surface area contributed by atoms with Gasteiger partial charge in [0.1, 0.15) is 0 Å². The number of nitrogens with zero attached hydrogens (tertiary/aromatic N) is 4. The van der Waals surface area contributed by atoms with Crippen molar-refractivity contribution >= 4 is 11.0 Å². The van der Waals surface area contributed by atoms with Crippen LogP contribution in [0.5, 0.6) is 0 Å². The van der Waals surface area contributed by atoms with Crippen LogP contribution in [-0.4, -0.2) is 26.3 Å². The number of hydrogen-bond acceptors (Lipinski definition) is 4. The highest BCUT2D eigenvalue weighted by atomic mass is 15.3. The molecule has 0 saturated carbocycles. The summed E-state index contributed by atoms with van der Waals surface area (Å²) in [5.74, 6) is 0.